The molecule has 1 saturated carbocycles. The van der Waals surface area contributed by atoms with E-state index in [1.54, 1.807) is 10.9 Å². The average molecular weight is 224 g/mol. The minimum atomic E-state index is -0.0313. The molecule has 0 saturated heterocycles. The first kappa shape index (κ1) is 10.6. The fraction of sp³-hybridized carbons (Fsp3) is 0.636. The molecule has 1 aliphatic rings. The first-order valence-corrected chi connectivity index (χ1v) is 6.23. The maximum absolute atomic E-state index is 11.8. The number of rotatable bonds is 2. The maximum Gasteiger partial charge on any atom is 0.270 e. The highest BCUT2D eigenvalue weighted by Gasteiger charge is 2.35. The molecule has 1 heterocycles. The van der Waals surface area contributed by atoms with E-state index in [0.29, 0.717) is 11.7 Å². The van der Waals surface area contributed by atoms with Crippen LogP contribution in [0, 0.1) is 5.41 Å². The Morgan fingerprint density at radius 2 is 2.47 bits per heavy atom. The van der Waals surface area contributed by atoms with E-state index in [9.17, 15) is 4.79 Å². The van der Waals surface area contributed by atoms with Crippen LogP contribution in [0.2, 0.25) is 0 Å². The lowest BCUT2D eigenvalue weighted by Gasteiger charge is -2.27. The second-order valence-electron chi connectivity index (χ2n) is 4.78. The molecule has 1 N–H and O–H groups in total. The normalized spacial score (nSPS) is 24.0. The molecule has 1 aliphatic carbocycles. The van der Waals surface area contributed by atoms with Crippen LogP contribution in [0.1, 0.15) is 43.6 Å². The molecule has 0 aliphatic heterocycles. The van der Waals surface area contributed by atoms with Gasteiger partial charge >= 0.3 is 0 Å². The number of thiazole rings is 1. The fourth-order valence-corrected chi connectivity index (χ4v) is 2.68. The first-order valence-electron chi connectivity index (χ1n) is 5.29. The van der Waals surface area contributed by atoms with Crippen molar-refractivity contribution in [3.8, 4) is 0 Å². The van der Waals surface area contributed by atoms with Gasteiger partial charge in [-0.2, -0.15) is 0 Å². The summed E-state index contributed by atoms with van der Waals surface area (Å²) in [5.41, 5.74) is 2.46. The summed E-state index contributed by atoms with van der Waals surface area (Å²) >= 11 is 1.45. The van der Waals surface area contributed by atoms with Crippen molar-refractivity contribution in [1.82, 2.24) is 10.3 Å². The van der Waals surface area contributed by atoms with Gasteiger partial charge < -0.3 is 5.32 Å². The van der Waals surface area contributed by atoms with E-state index in [1.165, 1.54) is 24.2 Å². The molecule has 1 aromatic heterocycles. The van der Waals surface area contributed by atoms with Gasteiger partial charge in [-0.1, -0.05) is 20.3 Å². The van der Waals surface area contributed by atoms with Gasteiger partial charge in [0.05, 0.1) is 5.51 Å². The van der Waals surface area contributed by atoms with Crippen LogP contribution in [-0.2, 0) is 0 Å². The number of aromatic nitrogens is 1. The molecule has 82 valence electrons. The minimum Gasteiger partial charge on any atom is -0.347 e. The van der Waals surface area contributed by atoms with Crippen molar-refractivity contribution in [3.05, 3.63) is 16.6 Å². The highest BCUT2D eigenvalue weighted by Crippen LogP contribution is 2.37. The Morgan fingerprint density at radius 1 is 1.67 bits per heavy atom. The van der Waals surface area contributed by atoms with Crippen LogP contribution in [0.3, 0.4) is 0 Å². The van der Waals surface area contributed by atoms with Crippen LogP contribution < -0.4 is 5.32 Å². The molecule has 3 nitrogen and oxygen atoms in total. The van der Waals surface area contributed by atoms with E-state index in [4.69, 9.17) is 0 Å². The van der Waals surface area contributed by atoms with Crippen molar-refractivity contribution in [3.63, 3.8) is 0 Å². The van der Waals surface area contributed by atoms with Gasteiger partial charge in [-0.3, -0.25) is 4.79 Å². The van der Waals surface area contributed by atoms with Crippen molar-refractivity contribution >= 4 is 17.2 Å². The Morgan fingerprint density at radius 3 is 3.00 bits per heavy atom. The zero-order valence-corrected chi connectivity index (χ0v) is 9.93. The second kappa shape index (κ2) is 3.93. The molecule has 1 unspecified atom stereocenters. The summed E-state index contributed by atoms with van der Waals surface area (Å²) in [5, 5.41) is 4.87. The Hall–Kier alpha value is -0.900. The first-order chi connectivity index (χ1) is 7.09. The number of nitrogens with zero attached hydrogens (tertiary/aromatic N) is 1. The van der Waals surface area contributed by atoms with Crippen molar-refractivity contribution in [2.75, 3.05) is 0 Å². The van der Waals surface area contributed by atoms with Gasteiger partial charge in [-0.25, -0.2) is 4.98 Å². The number of nitrogens with one attached hydrogen (secondary N) is 1. The molecule has 0 bridgehead atoms. The molecule has 15 heavy (non-hydrogen) atoms. The van der Waals surface area contributed by atoms with Gasteiger partial charge in [0.25, 0.3) is 5.91 Å². The van der Waals surface area contributed by atoms with E-state index in [2.05, 4.69) is 24.1 Å². The monoisotopic (exact) mass is 224 g/mol. The second-order valence-corrected chi connectivity index (χ2v) is 5.50. The largest absolute Gasteiger partial charge is 0.347 e. The zero-order chi connectivity index (χ0) is 10.9. The Balaban J connectivity index is 2.01. The molecule has 0 spiro atoms. The maximum atomic E-state index is 11.8. The predicted octanol–water partition coefficient (Wildman–Crippen LogP) is 2.45. The van der Waals surface area contributed by atoms with Crippen LogP contribution in [-0.4, -0.2) is 16.9 Å². The average Bonchev–Trinajstić information content (AvgIpc) is 2.76. The van der Waals surface area contributed by atoms with Gasteiger partial charge in [0.15, 0.2) is 0 Å². The van der Waals surface area contributed by atoms with Crippen LogP contribution in [0.15, 0.2) is 10.9 Å². The zero-order valence-electron chi connectivity index (χ0n) is 9.12. The van der Waals surface area contributed by atoms with Gasteiger partial charge in [-0.15, -0.1) is 11.3 Å². The van der Waals surface area contributed by atoms with E-state index >= 15 is 0 Å². The van der Waals surface area contributed by atoms with E-state index in [1.807, 2.05) is 0 Å². The Bertz CT molecular complexity index is 345. The lowest BCUT2D eigenvalue weighted by atomic mass is 9.87. The molecule has 1 amide bonds. The number of hydrogen-bond acceptors (Lipinski definition) is 3. The highest BCUT2D eigenvalue weighted by atomic mass is 32.1. The predicted molar refractivity (Wildman–Crippen MR) is 61.0 cm³/mol. The van der Waals surface area contributed by atoms with Crippen LogP contribution in [0.25, 0.3) is 0 Å². The van der Waals surface area contributed by atoms with Crippen LogP contribution in [0.4, 0.5) is 0 Å². The summed E-state index contributed by atoms with van der Waals surface area (Å²) in [6.45, 7) is 4.43. The molecular weight excluding hydrogens is 208 g/mol. The molecule has 1 fully saturated rings. The standard InChI is InChI=1S/C11H16N2OS/c1-11(2)5-3-4-9(11)13-10(14)8-6-15-7-12-8/h6-7,9H,3-5H2,1-2H3,(H,13,14). The van der Waals surface area contributed by atoms with Crippen molar-refractivity contribution in [2.24, 2.45) is 5.41 Å². The molecular formula is C11H16N2OS. The SMILES string of the molecule is CC1(C)CCCC1NC(=O)c1cscn1. The molecule has 4 heteroatoms. The Kier molecular flexibility index (Phi) is 2.78. The lowest BCUT2D eigenvalue weighted by Crippen LogP contribution is -2.41. The third-order valence-electron chi connectivity index (χ3n) is 3.23. The third kappa shape index (κ3) is 2.20. The molecule has 0 aromatic carbocycles. The summed E-state index contributed by atoms with van der Waals surface area (Å²) in [6, 6.07) is 0.298. The summed E-state index contributed by atoms with van der Waals surface area (Å²) in [4.78, 5) is 15.8. The third-order valence-corrected chi connectivity index (χ3v) is 3.81. The van der Waals surface area contributed by atoms with Gasteiger partial charge in [-0.05, 0) is 18.3 Å². The van der Waals surface area contributed by atoms with E-state index < -0.39 is 0 Å². The fourth-order valence-electron chi connectivity index (χ4n) is 2.15. The summed E-state index contributed by atoms with van der Waals surface area (Å²) in [7, 11) is 0. The van der Waals surface area contributed by atoms with Crippen molar-refractivity contribution < 1.29 is 4.79 Å². The topological polar surface area (TPSA) is 42.0 Å². The van der Waals surface area contributed by atoms with Crippen LogP contribution >= 0.6 is 11.3 Å². The highest BCUT2D eigenvalue weighted by molar-refractivity contribution is 7.07. The van der Waals surface area contributed by atoms with Gasteiger partial charge in [0.1, 0.15) is 5.69 Å². The van der Waals surface area contributed by atoms with Gasteiger partial charge in [0.2, 0.25) is 0 Å². The van der Waals surface area contributed by atoms with Crippen molar-refractivity contribution in [1.29, 1.82) is 0 Å². The minimum absolute atomic E-state index is 0.0313. The number of amides is 1. The van der Waals surface area contributed by atoms with E-state index in [0.717, 1.165) is 6.42 Å². The molecule has 0 radical (unpaired) electrons. The number of carbonyl (C=O) groups is 1. The number of hydrogen-bond donors (Lipinski definition) is 1. The Labute approximate surface area is 93.9 Å². The summed E-state index contributed by atoms with van der Waals surface area (Å²) < 4.78 is 0. The lowest BCUT2D eigenvalue weighted by molar-refractivity contribution is 0.0905. The number of carbonyl (C=O) groups excluding carboxylic acids is 1. The van der Waals surface area contributed by atoms with E-state index in [-0.39, 0.29) is 11.3 Å². The van der Waals surface area contributed by atoms with Gasteiger partial charge in [0, 0.05) is 11.4 Å². The molecule has 1 atom stereocenters. The summed E-state index contributed by atoms with van der Waals surface area (Å²) in [5.74, 6) is -0.0313. The quantitative estimate of drug-likeness (QED) is 0.838. The van der Waals surface area contributed by atoms with Crippen LogP contribution in [0.5, 0.6) is 0 Å². The molecule has 2 rings (SSSR count). The smallest absolute Gasteiger partial charge is 0.270 e. The summed E-state index contributed by atoms with van der Waals surface area (Å²) in [6.07, 6.45) is 3.48. The molecule has 1 aromatic rings. The van der Waals surface area contributed by atoms with Crippen molar-refractivity contribution in [2.45, 2.75) is 39.2 Å².